The van der Waals surface area contributed by atoms with Gasteiger partial charge in [-0.25, -0.2) is 0 Å². The number of ether oxygens (including phenoxy) is 1. The fourth-order valence-electron chi connectivity index (χ4n) is 1.67. The van der Waals surface area contributed by atoms with Gasteiger partial charge in [-0.1, -0.05) is 23.4 Å². The Bertz CT molecular complexity index is 644. The molecule has 2 aromatic rings. The van der Waals surface area contributed by atoms with Gasteiger partial charge in [0.15, 0.2) is 11.0 Å². The Morgan fingerprint density at radius 2 is 2.25 bits per heavy atom. The number of methoxy groups -OCH3 is 1. The Kier molecular flexibility index (Phi) is 4.51. The molecule has 8 heteroatoms. The van der Waals surface area contributed by atoms with Gasteiger partial charge in [0.05, 0.1) is 18.4 Å². The SMILES string of the molecule is COc1ccc(Cl)cc1-c1nnc(SCC(N)=O)n1C. The maximum Gasteiger partial charge on any atom is 0.227 e. The molecule has 1 aromatic heterocycles. The van der Waals surface area contributed by atoms with Gasteiger partial charge in [0.2, 0.25) is 5.91 Å². The molecule has 0 radical (unpaired) electrons. The quantitative estimate of drug-likeness (QED) is 0.850. The van der Waals surface area contributed by atoms with E-state index < -0.39 is 5.91 Å². The summed E-state index contributed by atoms with van der Waals surface area (Å²) in [5.74, 6) is 1.01. The zero-order chi connectivity index (χ0) is 14.7. The third-order valence-electron chi connectivity index (χ3n) is 2.58. The predicted octanol–water partition coefficient (Wildman–Crippen LogP) is 1.72. The van der Waals surface area contributed by atoms with Gasteiger partial charge in [0, 0.05) is 12.1 Å². The molecule has 0 bridgehead atoms. The van der Waals surface area contributed by atoms with Crippen LogP contribution in [0.15, 0.2) is 23.4 Å². The number of thioether (sulfide) groups is 1. The van der Waals surface area contributed by atoms with Crippen LogP contribution in [0.4, 0.5) is 0 Å². The summed E-state index contributed by atoms with van der Waals surface area (Å²) in [6.07, 6.45) is 0. The van der Waals surface area contributed by atoms with E-state index in [4.69, 9.17) is 22.1 Å². The van der Waals surface area contributed by atoms with E-state index in [9.17, 15) is 4.79 Å². The molecule has 1 aromatic carbocycles. The van der Waals surface area contributed by atoms with Crippen LogP contribution >= 0.6 is 23.4 Å². The fraction of sp³-hybridized carbons (Fsp3) is 0.250. The van der Waals surface area contributed by atoms with Crippen LogP contribution in [0.1, 0.15) is 0 Å². The predicted molar refractivity (Wildman–Crippen MR) is 77.9 cm³/mol. The summed E-state index contributed by atoms with van der Waals surface area (Å²) in [4.78, 5) is 10.8. The van der Waals surface area contributed by atoms with Crippen molar-refractivity contribution in [2.45, 2.75) is 5.16 Å². The lowest BCUT2D eigenvalue weighted by atomic mass is 10.2. The number of hydrogen-bond donors (Lipinski definition) is 1. The molecule has 0 aliphatic carbocycles. The second-order valence-electron chi connectivity index (χ2n) is 3.96. The van der Waals surface area contributed by atoms with Gasteiger partial charge < -0.3 is 15.0 Å². The first-order chi connectivity index (χ1) is 9.52. The summed E-state index contributed by atoms with van der Waals surface area (Å²) in [5, 5.41) is 9.33. The van der Waals surface area contributed by atoms with E-state index in [1.54, 1.807) is 36.9 Å². The number of benzene rings is 1. The van der Waals surface area contributed by atoms with Crippen molar-refractivity contribution in [3.05, 3.63) is 23.2 Å². The van der Waals surface area contributed by atoms with Gasteiger partial charge in [0.25, 0.3) is 0 Å². The Labute approximate surface area is 125 Å². The minimum atomic E-state index is -0.403. The molecule has 0 spiro atoms. The highest BCUT2D eigenvalue weighted by Crippen LogP contribution is 2.32. The molecule has 6 nitrogen and oxygen atoms in total. The molecule has 0 unspecified atom stereocenters. The largest absolute Gasteiger partial charge is 0.496 e. The molecule has 0 saturated carbocycles. The number of halogens is 1. The second-order valence-corrected chi connectivity index (χ2v) is 5.34. The van der Waals surface area contributed by atoms with Gasteiger partial charge in [-0.15, -0.1) is 10.2 Å². The van der Waals surface area contributed by atoms with Crippen molar-refractivity contribution in [2.75, 3.05) is 12.9 Å². The molecule has 0 aliphatic rings. The molecule has 0 fully saturated rings. The summed E-state index contributed by atoms with van der Waals surface area (Å²) in [6, 6.07) is 5.26. The highest BCUT2D eigenvalue weighted by molar-refractivity contribution is 7.99. The highest BCUT2D eigenvalue weighted by atomic mass is 35.5. The summed E-state index contributed by atoms with van der Waals surface area (Å²) >= 11 is 7.24. The normalized spacial score (nSPS) is 10.6. The first kappa shape index (κ1) is 14.7. The van der Waals surface area contributed by atoms with Gasteiger partial charge in [-0.3, -0.25) is 4.79 Å². The first-order valence-electron chi connectivity index (χ1n) is 5.67. The smallest absolute Gasteiger partial charge is 0.227 e. The highest BCUT2D eigenvalue weighted by Gasteiger charge is 2.16. The number of nitrogens with two attached hydrogens (primary N) is 1. The molecule has 0 atom stereocenters. The van der Waals surface area contributed by atoms with Crippen molar-refractivity contribution in [1.29, 1.82) is 0 Å². The maximum atomic E-state index is 10.8. The number of hydrogen-bond acceptors (Lipinski definition) is 5. The Hall–Kier alpha value is -1.73. The summed E-state index contributed by atoms with van der Waals surface area (Å²) < 4.78 is 7.06. The number of carbonyl (C=O) groups excluding carboxylic acids is 1. The zero-order valence-corrected chi connectivity index (χ0v) is 12.5. The molecular formula is C12H13ClN4O2S. The van der Waals surface area contributed by atoms with Crippen LogP contribution in [-0.2, 0) is 11.8 Å². The van der Waals surface area contributed by atoms with Crippen LogP contribution in [0, 0.1) is 0 Å². The van der Waals surface area contributed by atoms with Crippen molar-refractivity contribution in [2.24, 2.45) is 12.8 Å². The van der Waals surface area contributed by atoms with Crippen molar-refractivity contribution < 1.29 is 9.53 Å². The average molecular weight is 313 g/mol. The molecule has 2 rings (SSSR count). The Morgan fingerprint density at radius 3 is 2.90 bits per heavy atom. The summed E-state index contributed by atoms with van der Waals surface area (Å²) in [6.45, 7) is 0. The van der Waals surface area contributed by atoms with Crippen molar-refractivity contribution in [3.8, 4) is 17.1 Å². The Balaban J connectivity index is 2.39. The van der Waals surface area contributed by atoms with Crippen molar-refractivity contribution in [1.82, 2.24) is 14.8 Å². The van der Waals surface area contributed by atoms with E-state index in [-0.39, 0.29) is 5.75 Å². The molecule has 1 amide bonds. The van der Waals surface area contributed by atoms with Crippen LogP contribution in [0.5, 0.6) is 5.75 Å². The molecule has 106 valence electrons. The lowest BCUT2D eigenvalue weighted by Crippen LogP contribution is -2.13. The van der Waals surface area contributed by atoms with E-state index in [0.717, 1.165) is 5.56 Å². The van der Waals surface area contributed by atoms with Crippen LogP contribution in [0.3, 0.4) is 0 Å². The van der Waals surface area contributed by atoms with E-state index in [2.05, 4.69) is 10.2 Å². The van der Waals surface area contributed by atoms with Crippen LogP contribution in [0.2, 0.25) is 5.02 Å². The number of carbonyl (C=O) groups is 1. The fourth-order valence-corrected chi connectivity index (χ4v) is 2.49. The van der Waals surface area contributed by atoms with Crippen LogP contribution < -0.4 is 10.5 Å². The minimum Gasteiger partial charge on any atom is -0.496 e. The van der Waals surface area contributed by atoms with E-state index >= 15 is 0 Å². The molecule has 0 aliphatic heterocycles. The maximum absolute atomic E-state index is 10.8. The molecule has 1 heterocycles. The summed E-state index contributed by atoms with van der Waals surface area (Å²) in [5.41, 5.74) is 5.86. The van der Waals surface area contributed by atoms with Crippen molar-refractivity contribution >= 4 is 29.3 Å². The number of primary amides is 1. The van der Waals surface area contributed by atoms with E-state index in [1.165, 1.54) is 11.8 Å². The number of aromatic nitrogens is 3. The van der Waals surface area contributed by atoms with Crippen LogP contribution in [0.25, 0.3) is 11.4 Å². The van der Waals surface area contributed by atoms with Gasteiger partial charge >= 0.3 is 0 Å². The van der Waals surface area contributed by atoms with Gasteiger partial charge in [-0.2, -0.15) is 0 Å². The Morgan fingerprint density at radius 1 is 1.50 bits per heavy atom. The topological polar surface area (TPSA) is 83.0 Å². The lowest BCUT2D eigenvalue weighted by Gasteiger charge is -2.08. The number of amides is 1. The van der Waals surface area contributed by atoms with Gasteiger partial charge in [-0.05, 0) is 18.2 Å². The molecule has 20 heavy (non-hydrogen) atoms. The molecule has 2 N–H and O–H groups in total. The second kappa shape index (κ2) is 6.15. The first-order valence-corrected chi connectivity index (χ1v) is 7.03. The average Bonchev–Trinajstić information content (AvgIpc) is 2.77. The lowest BCUT2D eigenvalue weighted by molar-refractivity contribution is -0.115. The molecule has 0 saturated heterocycles. The van der Waals surface area contributed by atoms with Crippen LogP contribution in [-0.4, -0.2) is 33.5 Å². The van der Waals surface area contributed by atoms with E-state index in [0.29, 0.717) is 21.8 Å². The van der Waals surface area contributed by atoms with Crippen molar-refractivity contribution in [3.63, 3.8) is 0 Å². The van der Waals surface area contributed by atoms with Gasteiger partial charge in [0.1, 0.15) is 5.75 Å². The number of nitrogens with zero attached hydrogens (tertiary/aromatic N) is 3. The third kappa shape index (κ3) is 3.05. The minimum absolute atomic E-state index is 0.151. The molecular weight excluding hydrogens is 300 g/mol. The standard InChI is InChI=1S/C12H13ClN4O2S/c1-17-11(15-16-12(17)20-6-10(14)18)8-5-7(13)3-4-9(8)19-2/h3-5H,6H2,1-2H3,(H2,14,18). The summed E-state index contributed by atoms with van der Waals surface area (Å²) in [7, 11) is 3.38. The monoisotopic (exact) mass is 312 g/mol. The van der Waals surface area contributed by atoms with E-state index in [1.807, 2.05) is 0 Å². The zero-order valence-electron chi connectivity index (χ0n) is 11.0. The number of rotatable bonds is 5. The third-order valence-corrected chi connectivity index (χ3v) is 3.86.